The number of thioether (sulfide) groups is 2. The van der Waals surface area contributed by atoms with Crippen LogP contribution in [-0.2, 0) is 0 Å². The molecule has 0 aromatic heterocycles. The van der Waals surface area contributed by atoms with E-state index in [1.54, 1.807) is 24.3 Å². The van der Waals surface area contributed by atoms with Gasteiger partial charge in [-0.05, 0) is 36.0 Å². The molecular formula is C9H6ClNOS2. The molecule has 0 amide bonds. The SMILES string of the molecule is N#CSCSC(=O)c1ccc(Cl)cc1. The fourth-order valence-electron chi connectivity index (χ4n) is 0.779. The smallest absolute Gasteiger partial charge is 0.220 e. The minimum atomic E-state index is -0.0376. The van der Waals surface area contributed by atoms with Gasteiger partial charge in [0.05, 0.1) is 5.08 Å². The Morgan fingerprint density at radius 1 is 1.43 bits per heavy atom. The summed E-state index contributed by atoms with van der Waals surface area (Å²) in [5.41, 5.74) is 0.609. The number of hydrogen-bond acceptors (Lipinski definition) is 4. The molecular weight excluding hydrogens is 238 g/mol. The minimum Gasteiger partial charge on any atom is -0.282 e. The molecule has 0 aliphatic carbocycles. The van der Waals surface area contributed by atoms with Crippen molar-refractivity contribution in [3.63, 3.8) is 0 Å². The number of halogens is 1. The van der Waals surface area contributed by atoms with Gasteiger partial charge < -0.3 is 0 Å². The van der Waals surface area contributed by atoms with E-state index in [0.29, 0.717) is 15.7 Å². The van der Waals surface area contributed by atoms with Gasteiger partial charge in [0.2, 0.25) is 5.12 Å². The Morgan fingerprint density at radius 3 is 2.64 bits per heavy atom. The summed E-state index contributed by atoms with van der Waals surface area (Å²) in [5.74, 6) is 0. The highest BCUT2D eigenvalue weighted by Crippen LogP contribution is 2.18. The van der Waals surface area contributed by atoms with Crippen LogP contribution in [0.1, 0.15) is 10.4 Å². The normalized spacial score (nSPS) is 9.43. The van der Waals surface area contributed by atoms with Crippen LogP contribution in [0.4, 0.5) is 0 Å². The Bertz CT molecular complexity index is 358. The summed E-state index contributed by atoms with van der Waals surface area (Å²) in [6, 6.07) is 6.70. The van der Waals surface area contributed by atoms with Crippen molar-refractivity contribution >= 4 is 40.2 Å². The zero-order valence-corrected chi connectivity index (χ0v) is 9.46. The predicted molar refractivity (Wildman–Crippen MR) is 61.4 cm³/mol. The molecule has 0 heterocycles. The van der Waals surface area contributed by atoms with E-state index in [9.17, 15) is 4.79 Å². The topological polar surface area (TPSA) is 40.9 Å². The van der Waals surface area contributed by atoms with Crippen LogP contribution in [0.2, 0.25) is 5.02 Å². The molecule has 0 radical (unpaired) electrons. The lowest BCUT2D eigenvalue weighted by molar-refractivity contribution is 0.108. The molecule has 0 bridgehead atoms. The molecule has 0 fully saturated rings. The lowest BCUT2D eigenvalue weighted by Crippen LogP contribution is -1.92. The van der Waals surface area contributed by atoms with Crippen LogP contribution >= 0.6 is 35.1 Å². The summed E-state index contributed by atoms with van der Waals surface area (Å²) in [6.07, 6.45) is 0. The summed E-state index contributed by atoms with van der Waals surface area (Å²) >= 11 is 7.85. The van der Waals surface area contributed by atoms with Crippen molar-refractivity contribution in [2.75, 3.05) is 5.08 Å². The Labute approximate surface area is 95.6 Å². The number of benzene rings is 1. The van der Waals surface area contributed by atoms with E-state index in [4.69, 9.17) is 16.9 Å². The molecule has 0 aliphatic rings. The van der Waals surface area contributed by atoms with Gasteiger partial charge in [-0.25, -0.2) is 0 Å². The molecule has 0 spiro atoms. The van der Waals surface area contributed by atoms with Crippen molar-refractivity contribution in [3.05, 3.63) is 34.9 Å². The molecule has 0 saturated heterocycles. The average molecular weight is 244 g/mol. The molecule has 14 heavy (non-hydrogen) atoms. The quantitative estimate of drug-likeness (QED) is 0.464. The van der Waals surface area contributed by atoms with Crippen LogP contribution in [0.15, 0.2) is 24.3 Å². The van der Waals surface area contributed by atoms with Gasteiger partial charge in [0.25, 0.3) is 0 Å². The number of nitriles is 1. The second-order valence-electron chi connectivity index (χ2n) is 2.29. The first-order chi connectivity index (χ1) is 6.74. The number of nitrogens with zero attached hydrogens (tertiary/aromatic N) is 1. The third kappa shape index (κ3) is 3.62. The van der Waals surface area contributed by atoms with Gasteiger partial charge in [-0.1, -0.05) is 23.4 Å². The molecule has 1 rings (SSSR count). The first-order valence-corrected chi connectivity index (χ1v) is 6.02. The molecule has 1 aromatic carbocycles. The zero-order chi connectivity index (χ0) is 10.4. The maximum Gasteiger partial charge on any atom is 0.220 e. The van der Waals surface area contributed by atoms with Crippen LogP contribution < -0.4 is 0 Å². The van der Waals surface area contributed by atoms with E-state index < -0.39 is 0 Å². The Kier molecular flexibility index (Phi) is 4.88. The fraction of sp³-hybridized carbons (Fsp3) is 0.111. The highest BCUT2D eigenvalue weighted by atomic mass is 35.5. The van der Waals surface area contributed by atoms with E-state index in [1.807, 2.05) is 5.40 Å². The highest BCUT2D eigenvalue weighted by Gasteiger charge is 2.05. The van der Waals surface area contributed by atoms with Gasteiger partial charge in [-0.2, -0.15) is 5.26 Å². The van der Waals surface area contributed by atoms with E-state index in [2.05, 4.69) is 0 Å². The summed E-state index contributed by atoms with van der Waals surface area (Å²) < 4.78 is 0. The standard InChI is InChI=1S/C9H6ClNOS2/c10-8-3-1-7(2-4-8)9(12)14-6-13-5-11/h1-4H,6H2. The number of carbonyl (C=O) groups excluding carboxylic acids is 1. The van der Waals surface area contributed by atoms with Gasteiger partial charge in [-0.3, -0.25) is 4.79 Å². The Balaban J connectivity index is 2.53. The summed E-state index contributed by atoms with van der Waals surface area (Å²) in [7, 11) is 0. The van der Waals surface area contributed by atoms with Crippen LogP contribution in [0, 0.1) is 10.7 Å². The predicted octanol–water partition coefficient (Wildman–Crippen LogP) is 3.39. The number of hydrogen-bond donors (Lipinski definition) is 0. The molecule has 0 N–H and O–H groups in total. The number of carbonyl (C=O) groups is 1. The average Bonchev–Trinajstić information content (AvgIpc) is 2.19. The Hall–Kier alpha value is -0.630. The molecule has 5 heteroatoms. The van der Waals surface area contributed by atoms with E-state index in [1.165, 1.54) is 0 Å². The third-order valence-electron chi connectivity index (χ3n) is 1.39. The summed E-state index contributed by atoms with van der Waals surface area (Å²) in [4.78, 5) is 11.4. The molecule has 1 aromatic rings. The van der Waals surface area contributed by atoms with E-state index in [-0.39, 0.29) is 5.12 Å². The van der Waals surface area contributed by atoms with Gasteiger partial charge in [0, 0.05) is 10.6 Å². The fourth-order valence-corrected chi connectivity index (χ4v) is 2.08. The molecule has 0 aliphatic heterocycles. The van der Waals surface area contributed by atoms with Crippen LogP contribution in [0.3, 0.4) is 0 Å². The van der Waals surface area contributed by atoms with Crippen molar-refractivity contribution in [1.29, 1.82) is 5.26 Å². The first kappa shape index (κ1) is 11.4. The van der Waals surface area contributed by atoms with Gasteiger partial charge in [0.1, 0.15) is 5.40 Å². The largest absolute Gasteiger partial charge is 0.282 e. The van der Waals surface area contributed by atoms with E-state index in [0.717, 1.165) is 23.5 Å². The minimum absolute atomic E-state index is 0.0376. The molecule has 0 saturated carbocycles. The molecule has 0 unspecified atom stereocenters. The Morgan fingerprint density at radius 2 is 2.07 bits per heavy atom. The monoisotopic (exact) mass is 243 g/mol. The van der Waals surface area contributed by atoms with Crippen molar-refractivity contribution in [3.8, 4) is 5.40 Å². The van der Waals surface area contributed by atoms with Gasteiger partial charge in [0.15, 0.2) is 0 Å². The van der Waals surface area contributed by atoms with Crippen LogP contribution in [0.25, 0.3) is 0 Å². The molecule has 72 valence electrons. The summed E-state index contributed by atoms with van der Waals surface area (Å²) in [5, 5.41) is 11.2. The van der Waals surface area contributed by atoms with E-state index >= 15 is 0 Å². The number of thiocyanates is 1. The van der Waals surface area contributed by atoms with Crippen LogP contribution in [0.5, 0.6) is 0 Å². The lowest BCUT2D eigenvalue weighted by Gasteiger charge is -1.97. The zero-order valence-electron chi connectivity index (χ0n) is 7.07. The maximum absolute atomic E-state index is 11.4. The molecule has 0 atom stereocenters. The van der Waals surface area contributed by atoms with Gasteiger partial charge >= 0.3 is 0 Å². The second-order valence-corrected chi connectivity index (χ2v) is 4.80. The third-order valence-corrected chi connectivity index (χ3v) is 3.22. The molecule has 2 nitrogen and oxygen atoms in total. The van der Waals surface area contributed by atoms with Crippen molar-refractivity contribution in [1.82, 2.24) is 0 Å². The first-order valence-electron chi connectivity index (χ1n) is 3.67. The van der Waals surface area contributed by atoms with Gasteiger partial charge in [-0.15, -0.1) is 0 Å². The van der Waals surface area contributed by atoms with Crippen molar-refractivity contribution in [2.24, 2.45) is 0 Å². The highest BCUT2D eigenvalue weighted by molar-refractivity contribution is 8.25. The van der Waals surface area contributed by atoms with Crippen LogP contribution in [-0.4, -0.2) is 10.2 Å². The second kappa shape index (κ2) is 5.97. The number of rotatable bonds is 3. The lowest BCUT2D eigenvalue weighted by atomic mass is 10.2. The van der Waals surface area contributed by atoms with Crippen molar-refractivity contribution in [2.45, 2.75) is 0 Å². The summed E-state index contributed by atoms with van der Waals surface area (Å²) in [6.45, 7) is 0. The maximum atomic E-state index is 11.4. The van der Waals surface area contributed by atoms with Crippen molar-refractivity contribution < 1.29 is 4.79 Å².